The molecule has 2 N–H and O–H groups in total. The number of nitrogens with zero attached hydrogens (tertiary/aromatic N) is 2. The van der Waals surface area contributed by atoms with Crippen molar-refractivity contribution in [2.24, 2.45) is 4.99 Å². The van der Waals surface area contributed by atoms with Gasteiger partial charge in [0, 0.05) is 18.0 Å². The lowest BCUT2D eigenvalue weighted by atomic mass is 10.2. The number of phenols is 1. The zero-order valence-electron chi connectivity index (χ0n) is 8.41. The molecule has 4 nitrogen and oxygen atoms in total. The first kappa shape index (κ1) is 10.2. The van der Waals surface area contributed by atoms with Crippen LogP contribution >= 0.6 is 0 Å². The molecule has 1 heterocycles. The molecule has 0 saturated heterocycles. The van der Waals surface area contributed by atoms with Gasteiger partial charge in [-0.2, -0.15) is 0 Å². The number of para-hydroxylation sites is 1. The van der Waals surface area contributed by atoms with Crippen LogP contribution in [0.15, 0.2) is 47.6 Å². The van der Waals surface area contributed by atoms with Gasteiger partial charge in [0.25, 0.3) is 0 Å². The molecular formula is C12H10N2O2. The van der Waals surface area contributed by atoms with Gasteiger partial charge < -0.3 is 10.2 Å². The third kappa shape index (κ3) is 2.17. The fraction of sp³-hybridized carbons (Fsp3) is 0. The molecule has 0 bridgehead atoms. The van der Waals surface area contributed by atoms with E-state index in [1.54, 1.807) is 30.3 Å². The first-order chi connectivity index (χ1) is 7.77. The van der Waals surface area contributed by atoms with Gasteiger partial charge in [0.1, 0.15) is 5.75 Å². The summed E-state index contributed by atoms with van der Waals surface area (Å²) < 4.78 is 0. The van der Waals surface area contributed by atoms with Crippen LogP contribution in [0, 0.1) is 0 Å². The van der Waals surface area contributed by atoms with E-state index in [9.17, 15) is 10.2 Å². The minimum Gasteiger partial charge on any atom is -0.507 e. The molecule has 0 saturated carbocycles. The second-order valence-electron chi connectivity index (χ2n) is 3.16. The predicted octanol–water partition coefficient (Wildman–Crippen LogP) is 2.24. The molecule has 0 unspecified atom stereocenters. The summed E-state index contributed by atoms with van der Waals surface area (Å²) in [6.45, 7) is 0. The third-order valence-corrected chi connectivity index (χ3v) is 2.03. The van der Waals surface area contributed by atoms with Crippen LogP contribution in [-0.4, -0.2) is 21.4 Å². The molecule has 80 valence electrons. The summed E-state index contributed by atoms with van der Waals surface area (Å²) in [6.07, 6.45) is 2.99. The van der Waals surface area contributed by atoms with Crippen LogP contribution in [0.4, 0.5) is 5.82 Å². The number of hydrogen-bond donors (Lipinski definition) is 2. The van der Waals surface area contributed by atoms with Crippen molar-refractivity contribution in [2.75, 3.05) is 0 Å². The zero-order chi connectivity index (χ0) is 11.4. The van der Waals surface area contributed by atoms with E-state index in [4.69, 9.17) is 0 Å². The SMILES string of the molecule is Oc1ccccc1/C=N\c1ncccc1O. The molecule has 2 rings (SSSR count). The minimum atomic E-state index is 0.00849. The van der Waals surface area contributed by atoms with E-state index in [0.29, 0.717) is 5.56 Å². The van der Waals surface area contributed by atoms with E-state index in [2.05, 4.69) is 9.98 Å². The number of hydrogen-bond acceptors (Lipinski definition) is 4. The van der Waals surface area contributed by atoms with Crippen molar-refractivity contribution in [3.8, 4) is 11.5 Å². The molecule has 0 aliphatic rings. The summed E-state index contributed by atoms with van der Waals surface area (Å²) in [7, 11) is 0. The van der Waals surface area contributed by atoms with Crippen molar-refractivity contribution in [2.45, 2.75) is 0 Å². The van der Waals surface area contributed by atoms with Gasteiger partial charge in [0.15, 0.2) is 11.6 Å². The highest BCUT2D eigenvalue weighted by Crippen LogP contribution is 2.22. The van der Waals surface area contributed by atoms with Crippen LogP contribution in [0.25, 0.3) is 0 Å². The monoisotopic (exact) mass is 214 g/mol. The molecule has 0 spiro atoms. The van der Waals surface area contributed by atoms with Crippen LogP contribution in [0.3, 0.4) is 0 Å². The molecule has 2 aromatic rings. The Balaban J connectivity index is 2.29. The molecule has 0 atom stereocenters. The van der Waals surface area contributed by atoms with Crippen LogP contribution in [0.2, 0.25) is 0 Å². The van der Waals surface area contributed by atoms with Crippen LogP contribution < -0.4 is 0 Å². The second kappa shape index (κ2) is 4.44. The quantitative estimate of drug-likeness (QED) is 0.753. The Hall–Kier alpha value is -2.36. The molecule has 0 amide bonds. The summed E-state index contributed by atoms with van der Waals surface area (Å²) in [5, 5.41) is 18.9. The zero-order valence-corrected chi connectivity index (χ0v) is 8.41. The van der Waals surface area contributed by atoms with E-state index in [1.807, 2.05) is 0 Å². The first-order valence-electron chi connectivity index (χ1n) is 4.73. The fourth-order valence-electron chi connectivity index (χ4n) is 1.22. The Morgan fingerprint density at radius 1 is 1.00 bits per heavy atom. The molecular weight excluding hydrogens is 204 g/mol. The maximum Gasteiger partial charge on any atom is 0.194 e. The largest absolute Gasteiger partial charge is 0.507 e. The number of pyridine rings is 1. The highest BCUT2D eigenvalue weighted by Gasteiger charge is 1.99. The van der Waals surface area contributed by atoms with Crippen molar-refractivity contribution in [3.05, 3.63) is 48.2 Å². The van der Waals surface area contributed by atoms with Crippen LogP contribution in [-0.2, 0) is 0 Å². The lowest BCUT2D eigenvalue weighted by molar-refractivity contribution is 0.473. The Kier molecular flexibility index (Phi) is 2.82. The van der Waals surface area contributed by atoms with Crippen molar-refractivity contribution in [1.29, 1.82) is 0 Å². The topological polar surface area (TPSA) is 65.7 Å². The molecule has 4 heteroatoms. The average molecular weight is 214 g/mol. The molecule has 0 aliphatic heterocycles. The Morgan fingerprint density at radius 2 is 1.75 bits per heavy atom. The standard InChI is InChI=1S/C12H10N2O2/c15-10-5-2-1-4-9(10)8-14-12-11(16)6-3-7-13-12/h1-8,15-16H/b14-8-. The highest BCUT2D eigenvalue weighted by atomic mass is 16.3. The van der Waals surface area contributed by atoms with Gasteiger partial charge in [-0.1, -0.05) is 12.1 Å². The van der Waals surface area contributed by atoms with E-state index in [0.717, 1.165) is 0 Å². The molecule has 0 fully saturated rings. The summed E-state index contributed by atoms with van der Waals surface area (Å²) in [5.41, 5.74) is 0.576. The van der Waals surface area contributed by atoms with Gasteiger partial charge in [0.2, 0.25) is 0 Å². The average Bonchev–Trinajstić information content (AvgIpc) is 2.30. The summed E-state index contributed by atoms with van der Waals surface area (Å²) in [5.74, 6) is 0.376. The van der Waals surface area contributed by atoms with Crippen molar-refractivity contribution >= 4 is 12.0 Å². The van der Waals surface area contributed by atoms with E-state index in [1.165, 1.54) is 18.5 Å². The van der Waals surface area contributed by atoms with E-state index in [-0.39, 0.29) is 17.3 Å². The van der Waals surface area contributed by atoms with Gasteiger partial charge in [-0.15, -0.1) is 0 Å². The van der Waals surface area contributed by atoms with Crippen molar-refractivity contribution in [1.82, 2.24) is 4.98 Å². The third-order valence-electron chi connectivity index (χ3n) is 2.03. The van der Waals surface area contributed by atoms with Gasteiger partial charge in [-0.25, -0.2) is 9.98 Å². The first-order valence-corrected chi connectivity index (χ1v) is 4.73. The minimum absolute atomic E-state index is 0.00849. The predicted molar refractivity (Wildman–Crippen MR) is 61.3 cm³/mol. The number of phenolic OH excluding ortho intramolecular Hbond substituents is 1. The molecule has 16 heavy (non-hydrogen) atoms. The molecule has 1 aromatic carbocycles. The lowest BCUT2D eigenvalue weighted by Crippen LogP contribution is -1.82. The Bertz CT molecular complexity index is 476. The van der Waals surface area contributed by atoms with Crippen molar-refractivity contribution in [3.63, 3.8) is 0 Å². The number of aromatic hydroxyl groups is 2. The fourth-order valence-corrected chi connectivity index (χ4v) is 1.22. The van der Waals surface area contributed by atoms with Crippen LogP contribution in [0.1, 0.15) is 5.56 Å². The summed E-state index contributed by atoms with van der Waals surface area (Å²) in [4.78, 5) is 7.88. The summed E-state index contributed by atoms with van der Waals surface area (Å²) in [6, 6.07) is 9.93. The number of aliphatic imine (C=N–C) groups is 1. The number of rotatable bonds is 2. The van der Waals surface area contributed by atoms with Crippen LogP contribution in [0.5, 0.6) is 11.5 Å². The summed E-state index contributed by atoms with van der Waals surface area (Å²) >= 11 is 0. The number of aromatic nitrogens is 1. The maximum atomic E-state index is 9.48. The van der Waals surface area contributed by atoms with Gasteiger partial charge in [0.05, 0.1) is 0 Å². The molecule has 0 radical (unpaired) electrons. The van der Waals surface area contributed by atoms with E-state index < -0.39 is 0 Å². The van der Waals surface area contributed by atoms with Crippen molar-refractivity contribution < 1.29 is 10.2 Å². The lowest BCUT2D eigenvalue weighted by Gasteiger charge is -1.98. The molecule has 0 aliphatic carbocycles. The maximum absolute atomic E-state index is 9.48. The second-order valence-corrected chi connectivity index (χ2v) is 3.16. The van der Waals surface area contributed by atoms with Gasteiger partial charge in [-0.05, 0) is 24.3 Å². The highest BCUT2D eigenvalue weighted by molar-refractivity contribution is 5.85. The van der Waals surface area contributed by atoms with Gasteiger partial charge >= 0.3 is 0 Å². The molecule has 1 aromatic heterocycles. The smallest absolute Gasteiger partial charge is 0.194 e. The Morgan fingerprint density at radius 3 is 2.50 bits per heavy atom. The van der Waals surface area contributed by atoms with Gasteiger partial charge in [-0.3, -0.25) is 0 Å². The normalized spacial score (nSPS) is 10.8. The van der Waals surface area contributed by atoms with E-state index >= 15 is 0 Å². The number of benzene rings is 1. The Labute approximate surface area is 92.6 Å².